The second-order valence-electron chi connectivity index (χ2n) is 5.72. The van der Waals surface area contributed by atoms with E-state index in [4.69, 9.17) is 5.11 Å². The van der Waals surface area contributed by atoms with Gasteiger partial charge in [0.15, 0.2) is 0 Å². The second-order valence-corrected chi connectivity index (χ2v) is 5.72. The third kappa shape index (κ3) is 5.49. The lowest BCUT2D eigenvalue weighted by molar-refractivity contribution is -0.137. The van der Waals surface area contributed by atoms with Gasteiger partial charge in [-0.05, 0) is 38.0 Å². The molecule has 1 aliphatic rings. The molecular formula is C14H26N2O3. The lowest BCUT2D eigenvalue weighted by atomic mass is 9.83. The van der Waals surface area contributed by atoms with Gasteiger partial charge < -0.3 is 15.7 Å². The first-order valence-corrected chi connectivity index (χ1v) is 7.23. The van der Waals surface area contributed by atoms with Crippen molar-refractivity contribution < 1.29 is 14.7 Å². The Bertz CT molecular complexity index is 312. The molecule has 2 amide bonds. The quantitative estimate of drug-likeness (QED) is 0.665. The van der Waals surface area contributed by atoms with Gasteiger partial charge in [-0.15, -0.1) is 0 Å². The van der Waals surface area contributed by atoms with E-state index in [1.54, 1.807) is 0 Å². The van der Waals surface area contributed by atoms with Gasteiger partial charge in [-0.1, -0.05) is 19.8 Å². The Morgan fingerprint density at radius 3 is 2.47 bits per heavy atom. The predicted molar refractivity (Wildman–Crippen MR) is 74.1 cm³/mol. The molecule has 1 aliphatic carbocycles. The Labute approximate surface area is 115 Å². The number of rotatable bonds is 7. The van der Waals surface area contributed by atoms with Crippen molar-refractivity contribution in [1.29, 1.82) is 0 Å². The molecule has 1 fully saturated rings. The van der Waals surface area contributed by atoms with Crippen LogP contribution in [0.25, 0.3) is 0 Å². The zero-order chi connectivity index (χ0) is 14.3. The van der Waals surface area contributed by atoms with Crippen molar-refractivity contribution in [2.24, 2.45) is 5.41 Å². The number of aliphatic carboxylic acids is 1. The minimum absolute atomic E-state index is 0.0837. The van der Waals surface area contributed by atoms with Crippen LogP contribution in [-0.2, 0) is 4.79 Å². The van der Waals surface area contributed by atoms with Crippen LogP contribution in [0.3, 0.4) is 0 Å². The highest BCUT2D eigenvalue weighted by atomic mass is 16.4. The van der Waals surface area contributed by atoms with Gasteiger partial charge >= 0.3 is 12.0 Å². The monoisotopic (exact) mass is 270 g/mol. The molecule has 19 heavy (non-hydrogen) atoms. The van der Waals surface area contributed by atoms with Gasteiger partial charge in [0.05, 0.1) is 0 Å². The van der Waals surface area contributed by atoms with E-state index in [-0.39, 0.29) is 23.9 Å². The summed E-state index contributed by atoms with van der Waals surface area (Å²) < 4.78 is 0. The maximum absolute atomic E-state index is 11.7. The van der Waals surface area contributed by atoms with Gasteiger partial charge in [0.1, 0.15) is 0 Å². The number of carboxylic acid groups (broad SMARTS) is 1. The summed E-state index contributed by atoms with van der Waals surface area (Å²) in [7, 11) is 0. The average Bonchev–Trinajstić information content (AvgIpc) is 2.83. The smallest absolute Gasteiger partial charge is 0.315 e. The molecule has 0 spiro atoms. The molecule has 0 bridgehead atoms. The number of hydrogen-bond donors (Lipinski definition) is 3. The van der Waals surface area contributed by atoms with Gasteiger partial charge in [0, 0.05) is 19.0 Å². The van der Waals surface area contributed by atoms with E-state index in [2.05, 4.69) is 17.6 Å². The fourth-order valence-electron chi connectivity index (χ4n) is 2.74. The number of urea groups is 1. The average molecular weight is 270 g/mol. The standard InChI is InChI=1S/C14H26N2O3/c1-3-14(8-4-5-9-14)10-15-13(19)16-11(2)6-7-12(17)18/h11H,3-10H2,1-2H3,(H,17,18)(H2,15,16,19). The third-order valence-electron chi connectivity index (χ3n) is 4.21. The van der Waals surface area contributed by atoms with Crippen LogP contribution < -0.4 is 10.6 Å². The maximum Gasteiger partial charge on any atom is 0.315 e. The molecule has 0 aromatic rings. The molecule has 1 saturated carbocycles. The molecule has 5 heteroatoms. The van der Waals surface area contributed by atoms with Gasteiger partial charge in [0.25, 0.3) is 0 Å². The fourth-order valence-corrected chi connectivity index (χ4v) is 2.74. The summed E-state index contributed by atoms with van der Waals surface area (Å²) in [6.07, 6.45) is 6.54. The molecule has 0 heterocycles. The van der Waals surface area contributed by atoms with Crippen molar-refractivity contribution in [3.05, 3.63) is 0 Å². The number of hydrogen-bond acceptors (Lipinski definition) is 2. The summed E-state index contributed by atoms with van der Waals surface area (Å²) in [5.41, 5.74) is 0.279. The molecule has 0 radical (unpaired) electrons. The van der Waals surface area contributed by atoms with E-state index in [1.165, 1.54) is 25.7 Å². The van der Waals surface area contributed by atoms with Crippen LogP contribution >= 0.6 is 0 Å². The highest BCUT2D eigenvalue weighted by Gasteiger charge is 2.32. The van der Waals surface area contributed by atoms with Crippen LogP contribution in [0.15, 0.2) is 0 Å². The van der Waals surface area contributed by atoms with Crippen molar-refractivity contribution in [3.63, 3.8) is 0 Å². The summed E-state index contributed by atoms with van der Waals surface area (Å²) in [4.78, 5) is 22.2. The maximum atomic E-state index is 11.7. The highest BCUT2D eigenvalue weighted by Crippen LogP contribution is 2.40. The summed E-state index contributed by atoms with van der Waals surface area (Å²) in [6.45, 7) is 4.73. The molecule has 5 nitrogen and oxygen atoms in total. The number of carbonyl (C=O) groups excluding carboxylic acids is 1. The molecule has 0 saturated heterocycles. The lowest BCUT2D eigenvalue weighted by Gasteiger charge is -2.28. The predicted octanol–water partition coefficient (Wildman–Crippen LogP) is 2.51. The lowest BCUT2D eigenvalue weighted by Crippen LogP contribution is -2.44. The first-order valence-electron chi connectivity index (χ1n) is 7.23. The van der Waals surface area contributed by atoms with Gasteiger partial charge in [-0.2, -0.15) is 0 Å². The molecule has 1 rings (SSSR count). The number of carbonyl (C=O) groups is 2. The van der Waals surface area contributed by atoms with Gasteiger partial charge in [0.2, 0.25) is 0 Å². The summed E-state index contributed by atoms with van der Waals surface area (Å²) in [5, 5.41) is 14.3. The Hall–Kier alpha value is -1.26. The van der Waals surface area contributed by atoms with E-state index in [0.717, 1.165) is 13.0 Å². The van der Waals surface area contributed by atoms with Crippen molar-refractivity contribution in [2.75, 3.05) is 6.54 Å². The van der Waals surface area contributed by atoms with Crippen molar-refractivity contribution in [2.45, 2.75) is 64.8 Å². The van der Waals surface area contributed by atoms with Crippen LogP contribution in [0.1, 0.15) is 58.8 Å². The molecule has 110 valence electrons. The zero-order valence-electron chi connectivity index (χ0n) is 12.0. The molecule has 0 aromatic carbocycles. The van der Waals surface area contributed by atoms with Crippen molar-refractivity contribution in [3.8, 4) is 0 Å². The van der Waals surface area contributed by atoms with E-state index < -0.39 is 5.97 Å². The fraction of sp³-hybridized carbons (Fsp3) is 0.857. The van der Waals surface area contributed by atoms with Gasteiger partial charge in [-0.25, -0.2) is 4.79 Å². The summed E-state index contributed by atoms with van der Waals surface area (Å²) >= 11 is 0. The molecule has 0 aromatic heterocycles. The minimum Gasteiger partial charge on any atom is -0.481 e. The first kappa shape index (κ1) is 15.8. The molecule has 1 unspecified atom stereocenters. The molecule has 1 atom stereocenters. The molecule has 3 N–H and O–H groups in total. The van der Waals surface area contributed by atoms with Crippen LogP contribution in [0.4, 0.5) is 4.79 Å². The number of nitrogens with one attached hydrogen (secondary N) is 2. The number of amides is 2. The van der Waals surface area contributed by atoms with Gasteiger partial charge in [-0.3, -0.25) is 4.79 Å². The van der Waals surface area contributed by atoms with Crippen LogP contribution in [0, 0.1) is 5.41 Å². The Morgan fingerprint density at radius 2 is 1.95 bits per heavy atom. The van der Waals surface area contributed by atoms with E-state index in [0.29, 0.717) is 6.42 Å². The van der Waals surface area contributed by atoms with E-state index >= 15 is 0 Å². The Morgan fingerprint density at radius 1 is 1.32 bits per heavy atom. The summed E-state index contributed by atoms with van der Waals surface area (Å²) in [6, 6.07) is -0.296. The topological polar surface area (TPSA) is 78.4 Å². The highest BCUT2D eigenvalue weighted by molar-refractivity contribution is 5.74. The third-order valence-corrected chi connectivity index (χ3v) is 4.21. The summed E-state index contributed by atoms with van der Waals surface area (Å²) in [5.74, 6) is -0.829. The van der Waals surface area contributed by atoms with Crippen LogP contribution in [-0.4, -0.2) is 29.7 Å². The zero-order valence-corrected chi connectivity index (χ0v) is 12.0. The normalized spacial score (nSPS) is 18.8. The molecule has 0 aliphatic heterocycles. The second kappa shape index (κ2) is 7.36. The number of carboxylic acids is 1. The van der Waals surface area contributed by atoms with E-state index in [1.807, 2.05) is 6.92 Å². The minimum atomic E-state index is -0.829. The van der Waals surface area contributed by atoms with E-state index in [9.17, 15) is 9.59 Å². The SMILES string of the molecule is CCC1(CNC(=O)NC(C)CCC(=O)O)CCCC1. The first-order chi connectivity index (χ1) is 8.97. The molecular weight excluding hydrogens is 244 g/mol. The Kier molecular flexibility index (Phi) is 6.12. The van der Waals surface area contributed by atoms with Crippen LogP contribution in [0.2, 0.25) is 0 Å². The van der Waals surface area contributed by atoms with Crippen LogP contribution in [0.5, 0.6) is 0 Å². The Balaban J connectivity index is 2.25. The largest absolute Gasteiger partial charge is 0.481 e. The van der Waals surface area contributed by atoms with Crippen molar-refractivity contribution >= 4 is 12.0 Å². The van der Waals surface area contributed by atoms with Crippen molar-refractivity contribution in [1.82, 2.24) is 10.6 Å².